The van der Waals surface area contributed by atoms with E-state index in [-0.39, 0.29) is 16.7 Å². The number of nitrogens with two attached hydrogens (primary N) is 1. The second kappa shape index (κ2) is 7.19. The number of hydrogen-bond acceptors (Lipinski definition) is 2. The van der Waals surface area contributed by atoms with E-state index in [1.165, 1.54) is 17.0 Å². The first-order valence-electron chi connectivity index (χ1n) is 6.24. The van der Waals surface area contributed by atoms with Crippen LogP contribution in [0, 0.1) is 11.7 Å². The van der Waals surface area contributed by atoms with Crippen LogP contribution in [0.25, 0.3) is 0 Å². The molecular weight excluding hydrogens is 263 g/mol. The van der Waals surface area contributed by atoms with Crippen LogP contribution < -0.4 is 5.73 Å². The SMILES string of the molecule is CCCC(C(=O)N(C)Cc1cccc(F)c1)C(N)=S. The normalized spacial score (nSPS) is 11.9. The lowest BCUT2D eigenvalue weighted by molar-refractivity contribution is -0.132. The number of hydrogen-bond donors (Lipinski definition) is 1. The molecule has 5 heteroatoms. The zero-order chi connectivity index (χ0) is 14.4. The average molecular weight is 282 g/mol. The number of amides is 1. The van der Waals surface area contributed by atoms with Crippen LogP contribution in [-0.4, -0.2) is 22.8 Å². The molecule has 1 unspecified atom stereocenters. The van der Waals surface area contributed by atoms with Crippen molar-refractivity contribution < 1.29 is 9.18 Å². The van der Waals surface area contributed by atoms with Crippen LogP contribution in [-0.2, 0) is 11.3 Å². The molecule has 0 saturated carbocycles. The van der Waals surface area contributed by atoms with Gasteiger partial charge in [-0.1, -0.05) is 37.7 Å². The fourth-order valence-corrected chi connectivity index (χ4v) is 2.15. The van der Waals surface area contributed by atoms with E-state index >= 15 is 0 Å². The number of nitrogens with zero attached hydrogens (tertiary/aromatic N) is 1. The minimum Gasteiger partial charge on any atom is -0.393 e. The summed E-state index contributed by atoms with van der Waals surface area (Å²) >= 11 is 4.93. The van der Waals surface area contributed by atoms with Gasteiger partial charge in [0.1, 0.15) is 5.82 Å². The van der Waals surface area contributed by atoms with Crippen LogP contribution >= 0.6 is 12.2 Å². The minimum absolute atomic E-state index is 0.112. The molecule has 0 spiro atoms. The average Bonchev–Trinajstić information content (AvgIpc) is 2.34. The highest BCUT2D eigenvalue weighted by Gasteiger charge is 2.23. The largest absolute Gasteiger partial charge is 0.393 e. The first-order valence-corrected chi connectivity index (χ1v) is 6.65. The number of rotatable bonds is 6. The highest BCUT2D eigenvalue weighted by molar-refractivity contribution is 7.80. The van der Waals surface area contributed by atoms with E-state index in [9.17, 15) is 9.18 Å². The van der Waals surface area contributed by atoms with Crippen molar-refractivity contribution in [2.24, 2.45) is 11.7 Å². The van der Waals surface area contributed by atoms with E-state index in [0.717, 1.165) is 12.0 Å². The van der Waals surface area contributed by atoms with E-state index in [2.05, 4.69) is 0 Å². The number of carbonyl (C=O) groups excluding carboxylic acids is 1. The molecule has 1 rings (SSSR count). The molecule has 0 saturated heterocycles. The lowest BCUT2D eigenvalue weighted by atomic mass is 10.0. The zero-order valence-electron chi connectivity index (χ0n) is 11.2. The maximum absolute atomic E-state index is 13.1. The Morgan fingerprint density at radius 2 is 2.21 bits per heavy atom. The van der Waals surface area contributed by atoms with Crippen LogP contribution in [0.2, 0.25) is 0 Å². The molecule has 1 amide bonds. The summed E-state index contributed by atoms with van der Waals surface area (Å²) in [6, 6.07) is 6.20. The molecule has 0 aliphatic heterocycles. The van der Waals surface area contributed by atoms with Crippen molar-refractivity contribution in [3.05, 3.63) is 35.6 Å². The smallest absolute Gasteiger partial charge is 0.232 e. The zero-order valence-corrected chi connectivity index (χ0v) is 12.0. The summed E-state index contributed by atoms with van der Waals surface area (Å²) in [6.07, 6.45) is 1.48. The summed E-state index contributed by atoms with van der Waals surface area (Å²) in [5.41, 5.74) is 6.35. The molecule has 19 heavy (non-hydrogen) atoms. The fraction of sp³-hybridized carbons (Fsp3) is 0.429. The first-order chi connectivity index (χ1) is 8.95. The van der Waals surface area contributed by atoms with Crippen LogP contribution in [0.4, 0.5) is 4.39 Å². The lowest BCUT2D eigenvalue weighted by Crippen LogP contribution is -2.38. The Morgan fingerprint density at radius 1 is 1.53 bits per heavy atom. The Labute approximate surface area is 118 Å². The van der Waals surface area contributed by atoms with Gasteiger partial charge in [0.2, 0.25) is 5.91 Å². The quantitative estimate of drug-likeness (QED) is 0.815. The van der Waals surface area contributed by atoms with Gasteiger partial charge in [-0.2, -0.15) is 0 Å². The van der Waals surface area contributed by atoms with Gasteiger partial charge in [-0.25, -0.2) is 4.39 Å². The second-order valence-electron chi connectivity index (χ2n) is 4.57. The topological polar surface area (TPSA) is 46.3 Å². The Morgan fingerprint density at radius 3 is 2.74 bits per heavy atom. The predicted octanol–water partition coefficient (Wildman–Crippen LogP) is 2.49. The molecule has 104 valence electrons. The van der Waals surface area contributed by atoms with Gasteiger partial charge >= 0.3 is 0 Å². The molecule has 2 N–H and O–H groups in total. The van der Waals surface area contributed by atoms with Crippen molar-refractivity contribution >= 4 is 23.1 Å². The van der Waals surface area contributed by atoms with Crippen molar-refractivity contribution in [1.82, 2.24) is 4.90 Å². The molecule has 0 radical (unpaired) electrons. The van der Waals surface area contributed by atoms with Gasteiger partial charge in [0.05, 0.1) is 10.9 Å². The molecule has 0 fully saturated rings. The Balaban J connectivity index is 2.73. The van der Waals surface area contributed by atoms with Gasteiger partial charge in [-0.3, -0.25) is 4.79 Å². The second-order valence-corrected chi connectivity index (χ2v) is 5.04. The molecule has 1 aromatic carbocycles. The maximum atomic E-state index is 13.1. The van der Waals surface area contributed by atoms with Gasteiger partial charge in [-0.15, -0.1) is 0 Å². The molecule has 0 aromatic heterocycles. The van der Waals surface area contributed by atoms with Crippen LogP contribution in [0.5, 0.6) is 0 Å². The van der Waals surface area contributed by atoms with E-state index in [1.54, 1.807) is 19.2 Å². The Hall–Kier alpha value is -1.49. The van der Waals surface area contributed by atoms with Gasteiger partial charge in [0.25, 0.3) is 0 Å². The van der Waals surface area contributed by atoms with E-state index in [1.807, 2.05) is 6.92 Å². The van der Waals surface area contributed by atoms with Gasteiger partial charge < -0.3 is 10.6 Å². The third-order valence-electron chi connectivity index (χ3n) is 2.90. The summed E-state index contributed by atoms with van der Waals surface area (Å²) in [4.78, 5) is 14.0. The number of benzene rings is 1. The Bertz CT molecular complexity index is 465. The van der Waals surface area contributed by atoms with E-state index in [0.29, 0.717) is 13.0 Å². The van der Waals surface area contributed by atoms with Gasteiger partial charge in [0, 0.05) is 13.6 Å². The molecule has 3 nitrogen and oxygen atoms in total. The number of thiocarbonyl (C=S) groups is 1. The summed E-state index contributed by atoms with van der Waals surface area (Å²) in [5, 5.41) is 0. The summed E-state index contributed by atoms with van der Waals surface area (Å²) in [7, 11) is 1.67. The third-order valence-corrected chi connectivity index (χ3v) is 3.19. The van der Waals surface area contributed by atoms with E-state index in [4.69, 9.17) is 18.0 Å². The van der Waals surface area contributed by atoms with Gasteiger partial charge in [0.15, 0.2) is 0 Å². The molecule has 0 bridgehead atoms. The summed E-state index contributed by atoms with van der Waals surface area (Å²) in [6.45, 7) is 2.32. The molecule has 1 aromatic rings. The highest BCUT2D eigenvalue weighted by Crippen LogP contribution is 2.13. The van der Waals surface area contributed by atoms with Crippen molar-refractivity contribution in [3.8, 4) is 0 Å². The predicted molar refractivity (Wildman–Crippen MR) is 78.1 cm³/mol. The third kappa shape index (κ3) is 4.59. The maximum Gasteiger partial charge on any atom is 0.232 e. The van der Waals surface area contributed by atoms with Crippen LogP contribution in [0.15, 0.2) is 24.3 Å². The van der Waals surface area contributed by atoms with Crippen molar-refractivity contribution in [3.63, 3.8) is 0 Å². The number of carbonyl (C=O) groups is 1. The lowest BCUT2D eigenvalue weighted by Gasteiger charge is -2.23. The number of halogens is 1. The molecular formula is C14H19FN2OS. The molecule has 0 aliphatic rings. The fourth-order valence-electron chi connectivity index (χ4n) is 1.93. The van der Waals surface area contributed by atoms with Crippen LogP contribution in [0.1, 0.15) is 25.3 Å². The molecule has 0 aliphatic carbocycles. The Kier molecular flexibility index (Phi) is 5.89. The summed E-state index contributed by atoms with van der Waals surface area (Å²) in [5.74, 6) is -0.852. The standard InChI is InChI=1S/C14H19FN2OS/c1-3-5-12(13(16)19)14(18)17(2)9-10-6-4-7-11(15)8-10/h4,6-8,12H,3,5,9H2,1-2H3,(H2,16,19). The summed E-state index contributed by atoms with van der Waals surface area (Å²) < 4.78 is 13.1. The van der Waals surface area contributed by atoms with Gasteiger partial charge in [-0.05, 0) is 24.1 Å². The van der Waals surface area contributed by atoms with Crippen molar-refractivity contribution in [2.45, 2.75) is 26.3 Å². The first kappa shape index (κ1) is 15.6. The minimum atomic E-state index is -0.432. The highest BCUT2D eigenvalue weighted by atomic mass is 32.1. The monoisotopic (exact) mass is 282 g/mol. The van der Waals surface area contributed by atoms with Crippen LogP contribution in [0.3, 0.4) is 0 Å². The van der Waals surface area contributed by atoms with E-state index < -0.39 is 5.92 Å². The van der Waals surface area contributed by atoms with Crippen molar-refractivity contribution in [2.75, 3.05) is 7.05 Å². The molecule has 0 heterocycles. The molecule has 1 atom stereocenters. The van der Waals surface area contributed by atoms with Crippen molar-refractivity contribution in [1.29, 1.82) is 0 Å².